The fraction of sp³-hybridized carbons (Fsp3) is 0.368. The molecule has 1 nitrogen and oxygen atoms in total. The summed E-state index contributed by atoms with van der Waals surface area (Å²) in [6.45, 7) is 6.86. The highest BCUT2D eigenvalue weighted by Crippen LogP contribution is 2.40. The molecule has 1 aliphatic carbocycles. The summed E-state index contributed by atoms with van der Waals surface area (Å²) >= 11 is 0. The molecule has 1 aliphatic rings. The first-order valence-corrected chi connectivity index (χ1v) is 7.39. The van der Waals surface area contributed by atoms with Crippen molar-refractivity contribution in [3.8, 4) is 11.1 Å². The van der Waals surface area contributed by atoms with Gasteiger partial charge in [-0.25, -0.2) is 0 Å². The first kappa shape index (κ1) is 13.4. The van der Waals surface area contributed by atoms with E-state index in [0.717, 1.165) is 6.42 Å². The summed E-state index contributed by atoms with van der Waals surface area (Å²) in [6.07, 6.45) is 1.07. The van der Waals surface area contributed by atoms with Crippen LogP contribution in [0, 0.1) is 5.41 Å². The van der Waals surface area contributed by atoms with Gasteiger partial charge in [-0.15, -0.1) is 0 Å². The lowest BCUT2D eigenvalue weighted by atomic mass is 9.81. The number of fused-ring (bicyclic) bond motifs is 3. The van der Waals surface area contributed by atoms with E-state index in [9.17, 15) is 0 Å². The summed E-state index contributed by atoms with van der Waals surface area (Å²) in [6, 6.07) is 16.1. The molecule has 1 heteroatoms. The van der Waals surface area contributed by atoms with E-state index in [1.165, 1.54) is 27.8 Å². The molecule has 0 saturated heterocycles. The first-order valence-electron chi connectivity index (χ1n) is 7.39. The van der Waals surface area contributed by atoms with Crippen molar-refractivity contribution in [1.82, 2.24) is 5.32 Å². The van der Waals surface area contributed by atoms with E-state index in [1.807, 2.05) is 0 Å². The van der Waals surface area contributed by atoms with E-state index in [2.05, 4.69) is 75.6 Å². The zero-order valence-corrected chi connectivity index (χ0v) is 12.8. The van der Waals surface area contributed by atoms with E-state index in [0.29, 0.717) is 6.04 Å². The Labute approximate surface area is 122 Å². The average molecular weight is 265 g/mol. The minimum Gasteiger partial charge on any atom is -0.313 e. The minimum absolute atomic E-state index is 0.209. The van der Waals surface area contributed by atoms with Crippen LogP contribution in [0.1, 0.15) is 43.5 Å². The Balaban J connectivity index is 2.08. The zero-order valence-electron chi connectivity index (χ0n) is 12.8. The van der Waals surface area contributed by atoms with Crippen LogP contribution >= 0.6 is 0 Å². The Morgan fingerprint density at radius 1 is 0.950 bits per heavy atom. The third-order valence-electron chi connectivity index (χ3n) is 4.31. The smallest absolute Gasteiger partial charge is 0.0366 e. The van der Waals surface area contributed by atoms with Crippen molar-refractivity contribution < 1.29 is 0 Å². The largest absolute Gasteiger partial charge is 0.313 e. The van der Waals surface area contributed by atoms with E-state index in [4.69, 9.17) is 0 Å². The lowest BCUT2D eigenvalue weighted by Gasteiger charge is -2.31. The second-order valence-corrected chi connectivity index (χ2v) is 6.84. The predicted molar refractivity (Wildman–Crippen MR) is 85.9 cm³/mol. The minimum atomic E-state index is 0.209. The van der Waals surface area contributed by atoms with Crippen LogP contribution in [0.25, 0.3) is 11.1 Å². The molecule has 1 atom stereocenters. The van der Waals surface area contributed by atoms with Gasteiger partial charge in [0, 0.05) is 6.04 Å². The monoisotopic (exact) mass is 265 g/mol. The highest BCUT2D eigenvalue weighted by Gasteiger charge is 2.26. The maximum Gasteiger partial charge on any atom is 0.0366 e. The van der Waals surface area contributed by atoms with Gasteiger partial charge in [-0.3, -0.25) is 0 Å². The van der Waals surface area contributed by atoms with Gasteiger partial charge in [0.25, 0.3) is 0 Å². The van der Waals surface area contributed by atoms with E-state index in [-0.39, 0.29) is 5.41 Å². The molecule has 0 heterocycles. The molecule has 3 rings (SSSR count). The van der Waals surface area contributed by atoms with Gasteiger partial charge in [0.1, 0.15) is 0 Å². The lowest BCUT2D eigenvalue weighted by molar-refractivity contribution is 0.287. The van der Waals surface area contributed by atoms with Gasteiger partial charge < -0.3 is 5.32 Å². The van der Waals surface area contributed by atoms with Gasteiger partial charge in [0.05, 0.1) is 0 Å². The van der Waals surface area contributed by atoms with Crippen LogP contribution in [0.4, 0.5) is 0 Å². The van der Waals surface area contributed by atoms with Crippen molar-refractivity contribution in [3.05, 3.63) is 59.2 Å². The summed E-state index contributed by atoms with van der Waals surface area (Å²) in [7, 11) is 2.05. The molecule has 0 amide bonds. The maximum absolute atomic E-state index is 3.47. The molecule has 0 bridgehead atoms. The standard InChI is InChI=1S/C19H23N/c1-19(2,3)18(20-4)15-10-9-14-11-13-7-5-6-8-16(13)17(14)12-15/h5-10,12,18,20H,11H2,1-4H3. The fourth-order valence-corrected chi connectivity index (χ4v) is 3.42. The Bertz CT molecular complexity index is 634. The number of hydrogen-bond acceptors (Lipinski definition) is 1. The van der Waals surface area contributed by atoms with Crippen LogP contribution in [0.5, 0.6) is 0 Å². The second-order valence-electron chi connectivity index (χ2n) is 6.84. The molecular weight excluding hydrogens is 242 g/mol. The quantitative estimate of drug-likeness (QED) is 0.716. The van der Waals surface area contributed by atoms with Gasteiger partial charge in [-0.2, -0.15) is 0 Å². The van der Waals surface area contributed by atoms with E-state index >= 15 is 0 Å². The highest BCUT2D eigenvalue weighted by atomic mass is 14.9. The third-order valence-corrected chi connectivity index (χ3v) is 4.31. The molecule has 20 heavy (non-hydrogen) atoms. The van der Waals surface area contributed by atoms with Crippen LogP contribution in [0.2, 0.25) is 0 Å². The predicted octanol–water partition coefficient (Wildman–Crippen LogP) is 4.56. The van der Waals surface area contributed by atoms with Crippen LogP contribution in [0.3, 0.4) is 0 Å². The van der Waals surface area contributed by atoms with Crippen LogP contribution in [-0.4, -0.2) is 7.05 Å². The average Bonchev–Trinajstić information content (AvgIpc) is 2.76. The normalized spacial score (nSPS) is 14.8. The number of nitrogens with one attached hydrogen (secondary N) is 1. The number of rotatable bonds is 2. The van der Waals surface area contributed by atoms with Gasteiger partial charge in [0.2, 0.25) is 0 Å². The fourth-order valence-electron chi connectivity index (χ4n) is 3.42. The van der Waals surface area contributed by atoms with Crippen LogP contribution < -0.4 is 5.32 Å². The van der Waals surface area contributed by atoms with Crippen molar-refractivity contribution in [2.75, 3.05) is 7.05 Å². The molecule has 0 saturated carbocycles. The Hall–Kier alpha value is -1.60. The number of benzene rings is 2. The van der Waals surface area contributed by atoms with Crippen molar-refractivity contribution >= 4 is 0 Å². The maximum atomic E-state index is 3.47. The summed E-state index contributed by atoms with van der Waals surface area (Å²) < 4.78 is 0. The van der Waals surface area contributed by atoms with E-state index in [1.54, 1.807) is 0 Å². The lowest BCUT2D eigenvalue weighted by Crippen LogP contribution is -2.29. The van der Waals surface area contributed by atoms with Gasteiger partial charge in [0.15, 0.2) is 0 Å². The van der Waals surface area contributed by atoms with Gasteiger partial charge in [-0.05, 0) is 52.8 Å². The molecule has 0 aromatic heterocycles. The molecular formula is C19H23N. The first-order chi connectivity index (χ1) is 9.50. The topological polar surface area (TPSA) is 12.0 Å². The third kappa shape index (κ3) is 2.16. The zero-order chi connectivity index (χ0) is 14.3. The van der Waals surface area contributed by atoms with E-state index < -0.39 is 0 Å². The molecule has 1 N–H and O–H groups in total. The Kier molecular flexibility index (Phi) is 3.18. The van der Waals surface area contributed by atoms with Gasteiger partial charge in [-0.1, -0.05) is 57.2 Å². The molecule has 2 aromatic carbocycles. The molecule has 0 spiro atoms. The number of hydrogen-bond donors (Lipinski definition) is 1. The highest BCUT2D eigenvalue weighted by molar-refractivity contribution is 5.77. The molecule has 0 radical (unpaired) electrons. The van der Waals surface area contributed by atoms with Crippen molar-refractivity contribution in [1.29, 1.82) is 0 Å². The van der Waals surface area contributed by atoms with Crippen molar-refractivity contribution in [2.24, 2.45) is 5.41 Å². The summed E-state index contributed by atoms with van der Waals surface area (Å²) in [5.41, 5.74) is 7.34. The Morgan fingerprint density at radius 3 is 2.35 bits per heavy atom. The summed E-state index contributed by atoms with van der Waals surface area (Å²) in [5, 5.41) is 3.47. The molecule has 0 aliphatic heterocycles. The van der Waals surface area contributed by atoms with Crippen molar-refractivity contribution in [2.45, 2.75) is 33.2 Å². The Morgan fingerprint density at radius 2 is 1.65 bits per heavy atom. The molecule has 0 fully saturated rings. The molecule has 104 valence electrons. The van der Waals surface area contributed by atoms with Gasteiger partial charge >= 0.3 is 0 Å². The molecule has 1 unspecified atom stereocenters. The van der Waals surface area contributed by atoms with Crippen LogP contribution in [0.15, 0.2) is 42.5 Å². The van der Waals surface area contributed by atoms with Crippen LogP contribution in [-0.2, 0) is 6.42 Å². The summed E-state index contributed by atoms with van der Waals surface area (Å²) in [5.74, 6) is 0. The van der Waals surface area contributed by atoms with Crippen molar-refractivity contribution in [3.63, 3.8) is 0 Å². The SMILES string of the molecule is CNC(c1ccc2c(c1)-c1ccccc1C2)C(C)(C)C. The second kappa shape index (κ2) is 4.75. The molecule has 2 aromatic rings. The summed E-state index contributed by atoms with van der Waals surface area (Å²) in [4.78, 5) is 0.